The molecule has 2 aliphatic heterocycles. The van der Waals surface area contributed by atoms with Crippen LogP contribution < -0.4 is 0 Å². The van der Waals surface area contributed by atoms with Crippen LogP contribution in [0.1, 0.15) is 20.3 Å². The lowest BCUT2D eigenvalue weighted by atomic mass is 9.89. The fourth-order valence-corrected chi connectivity index (χ4v) is 2.04. The first kappa shape index (κ1) is 10.0. The minimum absolute atomic E-state index is 0.846. The average molecular weight is 171 g/mol. The molecule has 0 aliphatic carbocycles. The first-order valence-corrected chi connectivity index (χ1v) is 5.12. The predicted octanol–water partition coefficient (Wildman–Crippen LogP) is 1.61. The Balaban J connectivity index is 0.000000336. The molecule has 2 saturated heterocycles. The minimum Gasteiger partial charge on any atom is -0.381 e. The van der Waals surface area contributed by atoms with E-state index in [1.807, 2.05) is 13.8 Å². The molecule has 2 rings (SSSR count). The second-order valence-electron chi connectivity index (χ2n) is 3.61. The van der Waals surface area contributed by atoms with Crippen molar-refractivity contribution in [2.24, 2.45) is 11.8 Å². The third-order valence-electron chi connectivity index (χ3n) is 2.76. The number of hydrogen-bond donors (Lipinski definition) is 0. The van der Waals surface area contributed by atoms with Crippen molar-refractivity contribution in [2.45, 2.75) is 20.3 Å². The lowest BCUT2D eigenvalue weighted by molar-refractivity contribution is 0.173. The molecule has 0 aromatic heterocycles. The Morgan fingerprint density at radius 2 is 1.83 bits per heavy atom. The Morgan fingerprint density at radius 3 is 2.58 bits per heavy atom. The maximum absolute atomic E-state index is 5.41. The normalized spacial score (nSPS) is 35.2. The molecule has 0 N–H and O–H groups in total. The molecule has 0 spiro atoms. The fraction of sp³-hybridized carbons (Fsp3) is 1.00. The quantitative estimate of drug-likeness (QED) is 0.549. The van der Waals surface area contributed by atoms with Gasteiger partial charge in [-0.2, -0.15) is 0 Å². The molecular weight excluding hydrogens is 150 g/mol. The fourth-order valence-electron chi connectivity index (χ4n) is 2.04. The van der Waals surface area contributed by atoms with Gasteiger partial charge >= 0.3 is 0 Å². The van der Waals surface area contributed by atoms with Gasteiger partial charge in [0.25, 0.3) is 0 Å². The van der Waals surface area contributed by atoms with Crippen LogP contribution in [0.2, 0.25) is 0 Å². The summed E-state index contributed by atoms with van der Waals surface area (Å²) in [6.07, 6.45) is 1.35. The van der Waals surface area contributed by atoms with Crippen LogP contribution >= 0.6 is 0 Å². The van der Waals surface area contributed by atoms with E-state index in [0.717, 1.165) is 25.0 Å². The highest BCUT2D eigenvalue weighted by Gasteiger charge is 2.32. The molecule has 2 nitrogen and oxygen atoms in total. The highest BCUT2D eigenvalue weighted by atomic mass is 16.5. The first-order valence-electron chi connectivity index (χ1n) is 5.12. The van der Waals surface area contributed by atoms with Crippen molar-refractivity contribution in [3.05, 3.63) is 0 Å². The van der Waals surface area contributed by atoms with Crippen molar-refractivity contribution in [1.82, 2.24) is 4.90 Å². The molecule has 0 saturated carbocycles. The molecule has 0 radical (unpaired) electrons. The zero-order valence-electron chi connectivity index (χ0n) is 8.55. The summed E-state index contributed by atoms with van der Waals surface area (Å²) in [7, 11) is 2.20. The number of fused-ring (bicyclic) bond motifs is 1. The van der Waals surface area contributed by atoms with Crippen molar-refractivity contribution in [1.29, 1.82) is 0 Å². The van der Waals surface area contributed by atoms with Crippen LogP contribution in [0.4, 0.5) is 0 Å². The van der Waals surface area contributed by atoms with E-state index >= 15 is 0 Å². The smallest absolute Gasteiger partial charge is 0.0510 e. The average Bonchev–Trinajstić information content (AvgIpc) is 2.54. The van der Waals surface area contributed by atoms with E-state index in [1.165, 1.54) is 19.5 Å². The molecule has 0 bridgehead atoms. The van der Waals surface area contributed by atoms with Crippen LogP contribution in [0, 0.1) is 11.8 Å². The van der Waals surface area contributed by atoms with Crippen molar-refractivity contribution in [3.63, 3.8) is 0 Å². The Bertz CT molecular complexity index is 127. The van der Waals surface area contributed by atoms with Gasteiger partial charge in [0.05, 0.1) is 6.61 Å². The molecular formula is C10H21NO. The number of ether oxygens (including phenoxy) is 1. The maximum atomic E-state index is 5.41. The van der Waals surface area contributed by atoms with Crippen LogP contribution in [-0.2, 0) is 4.74 Å². The number of rotatable bonds is 0. The van der Waals surface area contributed by atoms with Gasteiger partial charge < -0.3 is 9.64 Å². The van der Waals surface area contributed by atoms with Gasteiger partial charge in [-0.1, -0.05) is 13.8 Å². The van der Waals surface area contributed by atoms with Gasteiger partial charge in [-0.25, -0.2) is 0 Å². The van der Waals surface area contributed by atoms with E-state index in [0.29, 0.717) is 0 Å². The van der Waals surface area contributed by atoms with Crippen LogP contribution in [0.5, 0.6) is 0 Å². The summed E-state index contributed by atoms with van der Waals surface area (Å²) in [6, 6.07) is 0. The summed E-state index contributed by atoms with van der Waals surface area (Å²) in [4.78, 5) is 2.41. The zero-order valence-corrected chi connectivity index (χ0v) is 8.55. The van der Waals surface area contributed by atoms with Gasteiger partial charge in [-0.05, 0) is 25.9 Å². The zero-order chi connectivity index (χ0) is 8.97. The van der Waals surface area contributed by atoms with E-state index in [2.05, 4.69) is 11.9 Å². The Kier molecular flexibility index (Phi) is 4.02. The molecule has 72 valence electrons. The summed E-state index contributed by atoms with van der Waals surface area (Å²) in [6.45, 7) is 8.56. The maximum Gasteiger partial charge on any atom is 0.0510 e. The van der Waals surface area contributed by atoms with Gasteiger partial charge in [-0.15, -0.1) is 0 Å². The van der Waals surface area contributed by atoms with Gasteiger partial charge in [0.1, 0.15) is 0 Å². The van der Waals surface area contributed by atoms with E-state index in [4.69, 9.17) is 4.74 Å². The molecule has 0 aromatic carbocycles. The summed E-state index contributed by atoms with van der Waals surface area (Å²) in [5.41, 5.74) is 0. The molecule has 0 amide bonds. The summed E-state index contributed by atoms with van der Waals surface area (Å²) >= 11 is 0. The highest BCUT2D eigenvalue weighted by molar-refractivity contribution is 4.82. The molecule has 2 atom stereocenters. The van der Waals surface area contributed by atoms with Gasteiger partial charge in [0, 0.05) is 19.1 Å². The number of hydrogen-bond acceptors (Lipinski definition) is 2. The second-order valence-corrected chi connectivity index (χ2v) is 3.61. The molecule has 2 fully saturated rings. The van der Waals surface area contributed by atoms with Gasteiger partial charge in [-0.3, -0.25) is 0 Å². The number of nitrogens with zero attached hydrogens (tertiary/aromatic N) is 1. The first-order chi connectivity index (χ1) is 5.86. The van der Waals surface area contributed by atoms with Crippen molar-refractivity contribution < 1.29 is 4.74 Å². The standard InChI is InChI=1S/C8H15NO.C2H6/c1-9-3-2-7-5-10-6-8(7)4-9;1-2/h7-8H,2-6H2,1H3;1-2H3. The third kappa shape index (κ3) is 2.20. The van der Waals surface area contributed by atoms with Crippen LogP contribution in [0.15, 0.2) is 0 Å². The second kappa shape index (κ2) is 4.83. The van der Waals surface area contributed by atoms with Crippen molar-refractivity contribution in [3.8, 4) is 0 Å². The third-order valence-corrected chi connectivity index (χ3v) is 2.76. The SMILES string of the molecule is CC.CN1CCC2COCC2C1. The van der Waals surface area contributed by atoms with Gasteiger partial charge in [0.2, 0.25) is 0 Å². The van der Waals surface area contributed by atoms with E-state index in [1.54, 1.807) is 0 Å². The van der Waals surface area contributed by atoms with Crippen LogP contribution in [-0.4, -0.2) is 38.3 Å². The Morgan fingerprint density at radius 1 is 1.17 bits per heavy atom. The highest BCUT2D eigenvalue weighted by Crippen LogP contribution is 2.28. The van der Waals surface area contributed by atoms with Crippen LogP contribution in [0.3, 0.4) is 0 Å². The van der Waals surface area contributed by atoms with E-state index in [9.17, 15) is 0 Å². The Labute approximate surface area is 75.9 Å². The summed E-state index contributed by atoms with van der Waals surface area (Å²) in [5, 5.41) is 0. The lowest BCUT2D eigenvalue weighted by Crippen LogP contribution is -2.37. The summed E-state index contributed by atoms with van der Waals surface area (Å²) in [5.74, 6) is 1.73. The Hall–Kier alpha value is -0.0800. The topological polar surface area (TPSA) is 12.5 Å². The molecule has 2 aliphatic rings. The molecule has 2 unspecified atom stereocenters. The minimum atomic E-state index is 0.846. The van der Waals surface area contributed by atoms with E-state index in [-0.39, 0.29) is 0 Å². The van der Waals surface area contributed by atoms with Gasteiger partial charge in [0.15, 0.2) is 0 Å². The molecule has 2 heteroatoms. The van der Waals surface area contributed by atoms with Crippen LogP contribution in [0.25, 0.3) is 0 Å². The molecule has 0 aromatic rings. The van der Waals surface area contributed by atoms with E-state index < -0.39 is 0 Å². The lowest BCUT2D eigenvalue weighted by Gasteiger charge is -2.30. The monoisotopic (exact) mass is 171 g/mol. The molecule has 12 heavy (non-hydrogen) atoms. The summed E-state index contributed by atoms with van der Waals surface area (Å²) < 4.78 is 5.41. The molecule has 2 heterocycles. The largest absolute Gasteiger partial charge is 0.381 e. The predicted molar refractivity (Wildman–Crippen MR) is 51.3 cm³/mol. The van der Waals surface area contributed by atoms with Crippen molar-refractivity contribution >= 4 is 0 Å². The number of piperidine rings is 1. The van der Waals surface area contributed by atoms with Crippen molar-refractivity contribution in [2.75, 3.05) is 33.4 Å². The number of likely N-dealkylation sites (tertiary alicyclic amines) is 1.